The Kier molecular flexibility index (Phi) is 4.18. The van der Waals surface area contributed by atoms with E-state index in [1.807, 2.05) is 12.1 Å². The third kappa shape index (κ3) is 2.49. The van der Waals surface area contributed by atoms with E-state index in [1.54, 1.807) is 0 Å². The summed E-state index contributed by atoms with van der Waals surface area (Å²) in [6.07, 6.45) is 4.03. The Labute approximate surface area is 110 Å². The largest absolute Gasteiger partial charge is 0.316 e. The van der Waals surface area contributed by atoms with E-state index in [1.165, 1.54) is 5.56 Å². The van der Waals surface area contributed by atoms with Crippen LogP contribution in [0.15, 0.2) is 24.3 Å². The number of carbonyl (C=O) groups excluding carboxylic acids is 1. The van der Waals surface area contributed by atoms with Crippen molar-refractivity contribution in [2.24, 2.45) is 5.41 Å². The number of benzene rings is 1. The predicted octanol–water partition coefficient (Wildman–Crippen LogP) is 3.21. The molecule has 1 aromatic carbocycles. The van der Waals surface area contributed by atoms with Crippen LogP contribution in [0.5, 0.6) is 0 Å². The van der Waals surface area contributed by atoms with E-state index >= 15 is 0 Å². The van der Waals surface area contributed by atoms with Crippen LogP contribution in [-0.2, 0) is 6.42 Å². The van der Waals surface area contributed by atoms with Gasteiger partial charge in [-0.3, -0.25) is 4.79 Å². The van der Waals surface area contributed by atoms with Crippen molar-refractivity contribution in [3.8, 4) is 0 Å². The summed E-state index contributed by atoms with van der Waals surface area (Å²) in [5, 5.41) is 3.39. The predicted molar refractivity (Wildman–Crippen MR) is 75.0 cm³/mol. The number of carbonyl (C=O) groups is 1. The highest BCUT2D eigenvalue weighted by Crippen LogP contribution is 2.34. The monoisotopic (exact) mass is 245 g/mol. The summed E-state index contributed by atoms with van der Waals surface area (Å²) >= 11 is 0. The van der Waals surface area contributed by atoms with Gasteiger partial charge in [-0.2, -0.15) is 0 Å². The summed E-state index contributed by atoms with van der Waals surface area (Å²) in [5.41, 5.74) is 1.96. The fourth-order valence-electron chi connectivity index (χ4n) is 2.86. The molecule has 1 heterocycles. The molecule has 0 amide bonds. The van der Waals surface area contributed by atoms with Crippen LogP contribution in [0, 0.1) is 5.41 Å². The molecule has 0 saturated carbocycles. The third-order valence-electron chi connectivity index (χ3n) is 4.23. The van der Waals surface area contributed by atoms with E-state index in [0.717, 1.165) is 44.3 Å². The summed E-state index contributed by atoms with van der Waals surface area (Å²) in [5.74, 6) is 0.326. The van der Waals surface area contributed by atoms with Crippen molar-refractivity contribution in [1.82, 2.24) is 5.32 Å². The number of Topliss-reactive ketones (excluding diaryl/α,β-unsaturated/α-hetero) is 1. The lowest BCUT2D eigenvalue weighted by molar-refractivity contribution is 0.0730. The summed E-state index contributed by atoms with van der Waals surface area (Å²) in [6, 6.07) is 8.13. The molecule has 1 N–H and O–H groups in total. The third-order valence-corrected chi connectivity index (χ3v) is 4.23. The maximum atomic E-state index is 12.8. The van der Waals surface area contributed by atoms with Gasteiger partial charge in [-0.05, 0) is 43.9 Å². The van der Waals surface area contributed by atoms with Crippen LogP contribution >= 0.6 is 0 Å². The van der Waals surface area contributed by atoms with Crippen LogP contribution < -0.4 is 5.32 Å². The highest BCUT2D eigenvalue weighted by atomic mass is 16.1. The Morgan fingerprint density at radius 1 is 1.39 bits per heavy atom. The minimum Gasteiger partial charge on any atom is -0.316 e. The number of rotatable bonds is 4. The van der Waals surface area contributed by atoms with Gasteiger partial charge in [-0.15, -0.1) is 0 Å². The zero-order valence-corrected chi connectivity index (χ0v) is 11.5. The van der Waals surface area contributed by atoms with Gasteiger partial charge in [0.2, 0.25) is 0 Å². The average molecular weight is 245 g/mol. The molecule has 0 aromatic heterocycles. The van der Waals surface area contributed by atoms with Gasteiger partial charge in [-0.25, -0.2) is 0 Å². The van der Waals surface area contributed by atoms with Gasteiger partial charge in [0.15, 0.2) is 5.78 Å². The quantitative estimate of drug-likeness (QED) is 0.825. The lowest BCUT2D eigenvalue weighted by Gasteiger charge is -2.35. The Morgan fingerprint density at radius 2 is 2.22 bits per heavy atom. The normalized spacial score (nSPS) is 23.9. The van der Waals surface area contributed by atoms with Crippen LogP contribution in [-0.4, -0.2) is 18.9 Å². The van der Waals surface area contributed by atoms with Crippen LogP contribution in [0.25, 0.3) is 0 Å². The summed E-state index contributed by atoms with van der Waals surface area (Å²) < 4.78 is 0. The molecule has 1 saturated heterocycles. The van der Waals surface area contributed by atoms with Crippen LogP contribution in [0.1, 0.15) is 49.0 Å². The Bertz CT molecular complexity index is 419. The SMILES string of the molecule is CCc1cccc(C(=O)C2(CC)CCCNC2)c1. The molecular weight excluding hydrogens is 222 g/mol. The van der Waals surface area contributed by atoms with E-state index in [9.17, 15) is 4.79 Å². The van der Waals surface area contributed by atoms with Gasteiger partial charge >= 0.3 is 0 Å². The first kappa shape index (κ1) is 13.3. The molecule has 2 nitrogen and oxygen atoms in total. The van der Waals surface area contributed by atoms with Gasteiger partial charge in [0.25, 0.3) is 0 Å². The number of aryl methyl sites for hydroxylation is 1. The van der Waals surface area contributed by atoms with Crippen molar-refractivity contribution in [2.75, 3.05) is 13.1 Å². The summed E-state index contributed by atoms with van der Waals surface area (Å²) in [7, 11) is 0. The fraction of sp³-hybridized carbons (Fsp3) is 0.562. The van der Waals surface area contributed by atoms with E-state index in [2.05, 4.69) is 31.3 Å². The molecule has 2 heteroatoms. The minimum absolute atomic E-state index is 0.176. The second-order valence-corrected chi connectivity index (χ2v) is 5.30. The van der Waals surface area contributed by atoms with Gasteiger partial charge in [0.1, 0.15) is 0 Å². The van der Waals surface area contributed by atoms with Crippen LogP contribution in [0.2, 0.25) is 0 Å². The number of piperidine rings is 1. The van der Waals surface area contributed by atoms with Crippen molar-refractivity contribution < 1.29 is 4.79 Å². The molecule has 1 aliphatic heterocycles. The molecule has 0 radical (unpaired) electrons. The van der Waals surface area contributed by atoms with Crippen LogP contribution in [0.3, 0.4) is 0 Å². The smallest absolute Gasteiger partial charge is 0.170 e. The van der Waals surface area contributed by atoms with E-state index < -0.39 is 0 Å². The van der Waals surface area contributed by atoms with E-state index in [-0.39, 0.29) is 5.41 Å². The number of ketones is 1. The summed E-state index contributed by atoms with van der Waals surface area (Å²) in [4.78, 5) is 12.8. The van der Waals surface area contributed by atoms with Crippen molar-refractivity contribution in [1.29, 1.82) is 0 Å². The molecular formula is C16H23NO. The maximum absolute atomic E-state index is 12.8. The molecule has 98 valence electrons. The Hall–Kier alpha value is -1.15. The first-order chi connectivity index (χ1) is 8.72. The molecule has 0 bridgehead atoms. The van der Waals surface area contributed by atoms with Crippen molar-refractivity contribution in [3.05, 3.63) is 35.4 Å². The number of hydrogen-bond donors (Lipinski definition) is 1. The Balaban J connectivity index is 2.27. The van der Waals surface area contributed by atoms with Crippen LogP contribution in [0.4, 0.5) is 0 Å². The maximum Gasteiger partial charge on any atom is 0.170 e. The second kappa shape index (κ2) is 5.66. The molecule has 1 fully saturated rings. The minimum atomic E-state index is -0.176. The van der Waals surface area contributed by atoms with Gasteiger partial charge in [0.05, 0.1) is 0 Å². The van der Waals surface area contributed by atoms with Gasteiger partial charge in [-0.1, -0.05) is 32.0 Å². The zero-order chi connectivity index (χ0) is 13.0. The fourth-order valence-corrected chi connectivity index (χ4v) is 2.86. The second-order valence-electron chi connectivity index (χ2n) is 5.30. The zero-order valence-electron chi connectivity index (χ0n) is 11.5. The lowest BCUT2D eigenvalue weighted by Crippen LogP contribution is -2.45. The lowest BCUT2D eigenvalue weighted by atomic mass is 9.72. The van der Waals surface area contributed by atoms with Crippen molar-refractivity contribution >= 4 is 5.78 Å². The molecule has 0 aliphatic carbocycles. The highest BCUT2D eigenvalue weighted by Gasteiger charge is 2.38. The molecule has 2 rings (SSSR count). The first-order valence-corrected chi connectivity index (χ1v) is 7.06. The molecule has 0 spiro atoms. The molecule has 1 aliphatic rings. The topological polar surface area (TPSA) is 29.1 Å². The number of hydrogen-bond acceptors (Lipinski definition) is 2. The summed E-state index contributed by atoms with van der Waals surface area (Å²) in [6.45, 7) is 6.14. The molecule has 18 heavy (non-hydrogen) atoms. The van der Waals surface area contributed by atoms with Gasteiger partial charge < -0.3 is 5.32 Å². The van der Waals surface area contributed by atoms with E-state index in [4.69, 9.17) is 0 Å². The number of nitrogens with one attached hydrogen (secondary N) is 1. The molecule has 1 atom stereocenters. The first-order valence-electron chi connectivity index (χ1n) is 7.06. The average Bonchev–Trinajstić information content (AvgIpc) is 2.47. The molecule has 1 unspecified atom stereocenters. The highest BCUT2D eigenvalue weighted by molar-refractivity contribution is 6.00. The Morgan fingerprint density at radius 3 is 2.83 bits per heavy atom. The van der Waals surface area contributed by atoms with Gasteiger partial charge in [0, 0.05) is 17.5 Å². The molecule has 1 aromatic rings. The standard InChI is InChI=1S/C16H23NO/c1-3-13-7-5-8-14(11-13)15(18)16(4-2)9-6-10-17-12-16/h5,7-8,11,17H,3-4,6,9-10,12H2,1-2H3. The van der Waals surface area contributed by atoms with Crippen molar-refractivity contribution in [2.45, 2.75) is 39.5 Å². The van der Waals surface area contributed by atoms with E-state index in [0.29, 0.717) is 5.78 Å². The van der Waals surface area contributed by atoms with Crippen molar-refractivity contribution in [3.63, 3.8) is 0 Å².